The molecule has 0 fully saturated rings. The predicted molar refractivity (Wildman–Crippen MR) is 68.8 cm³/mol. The highest BCUT2D eigenvalue weighted by molar-refractivity contribution is 7.05. The average Bonchev–Trinajstić information content (AvgIpc) is 2.67. The lowest BCUT2D eigenvalue weighted by molar-refractivity contribution is 0.327. The van der Waals surface area contributed by atoms with Crippen LogP contribution in [0.15, 0.2) is 0 Å². The first-order valence-electron chi connectivity index (χ1n) is 5.97. The van der Waals surface area contributed by atoms with E-state index in [1.165, 1.54) is 22.1 Å². The molecule has 0 aliphatic rings. The van der Waals surface area contributed by atoms with Gasteiger partial charge in [-0.2, -0.15) is 0 Å². The van der Waals surface area contributed by atoms with Crippen LogP contribution < -0.4 is 5.32 Å². The Morgan fingerprint density at radius 2 is 2.19 bits per heavy atom. The van der Waals surface area contributed by atoms with Gasteiger partial charge in [0.05, 0.1) is 10.6 Å². The van der Waals surface area contributed by atoms with E-state index in [4.69, 9.17) is 0 Å². The molecule has 0 bridgehead atoms. The summed E-state index contributed by atoms with van der Waals surface area (Å²) in [5.74, 6) is 0. The molecule has 0 radical (unpaired) electrons. The highest BCUT2D eigenvalue weighted by Gasteiger charge is 2.09. The van der Waals surface area contributed by atoms with Crippen LogP contribution in [0, 0.1) is 0 Å². The number of hydrogen-bond acceptors (Lipinski definition) is 5. The molecule has 1 heterocycles. The third kappa shape index (κ3) is 4.55. The first-order valence-corrected chi connectivity index (χ1v) is 6.74. The van der Waals surface area contributed by atoms with Crippen LogP contribution in [0.4, 0.5) is 0 Å². The Morgan fingerprint density at radius 1 is 1.38 bits per heavy atom. The molecule has 0 saturated heterocycles. The van der Waals surface area contributed by atoms with Crippen LogP contribution in [0.3, 0.4) is 0 Å². The van der Waals surface area contributed by atoms with E-state index in [0.717, 1.165) is 39.0 Å². The van der Waals surface area contributed by atoms with E-state index in [2.05, 4.69) is 40.7 Å². The van der Waals surface area contributed by atoms with Crippen molar-refractivity contribution in [2.75, 3.05) is 26.7 Å². The highest BCUT2D eigenvalue weighted by Crippen LogP contribution is 2.14. The number of hydrogen-bond donors (Lipinski definition) is 1. The van der Waals surface area contributed by atoms with E-state index in [-0.39, 0.29) is 0 Å². The third-order valence-corrected chi connectivity index (χ3v) is 3.20. The molecule has 1 rings (SSSR count). The zero-order valence-electron chi connectivity index (χ0n) is 10.5. The van der Waals surface area contributed by atoms with Crippen molar-refractivity contribution >= 4 is 11.5 Å². The van der Waals surface area contributed by atoms with E-state index < -0.39 is 0 Å². The fourth-order valence-electron chi connectivity index (χ4n) is 1.54. The van der Waals surface area contributed by atoms with Crippen molar-refractivity contribution in [2.24, 2.45) is 0 Å². The Balaban J connectivity index is 2.36. The van der Waals surface area contributed by atoms with Gasteiger partial charge in [0, 0.05) is 19.6 Å². The molecule has 0 aliphatic carbocycles. The monoisotopic (exact) mass is 242 g/mol. The topological polar surface area (TPSA) is 41.1 Å². The first-order chi connectivity index (χ1) is 7.77. The van der Waals surface area contributed by atoms with Crippen molar-refractivity contribution in [2.45, 2.75) is 33.2 Å². The molecule has 0 atom stereocenters. The number of likely N-dealkylation sites (N-methyl/N-ethyl adjacent to an activating group) is 2. The Bertz CT molecular complexity index is 287. The lowest BCUT2D eigenvalue weighted by Gasteiger charge is -2.15. The van der Waals surface area contributed by atoms with Gasteiger partial charge in [-0.3, -0.25) is 4.90 Å². The van der Waals surface area contributed by atoms with Crippen molar-refractivity contribution < 1.29 is 0 Å². The second-order valence-corrected chi connectivity index (χ2v) is 4.82. The van der Waals surface area contributed by atoms with E-state index >= 15 is 0 Å². The van der Waals surface area contributed by atoms with Crippen LogP contribution in [-0.2, 0) is 13.0 Å². The van der Waals surface area contributed by atoms with Gasteiger partial charge in [0.15, 0.2) is 0 Å². The molecule has 1 aromatic rings. The third-order valence-electron chi connectivity index (χ3n) is 2.46. The quantitative estimate of drug-likeness (QED) is 0.702. The predicted octanol–water partition coefficient (Wildman–Crippen LogP) is 1.53. The summed E-state index contributed by atoms with van der Waals surface area (Å²) < 4.78 is 4.04. The second-order valence-electron chi connectivity index (χ2n) is 3.98. The number of nitrogens with zero attached hydrogens (tertiary/aromatic N) is 3. The summed E-state index contributed by atoms with van der Waals surface area (Å²) in [6.45, 7) is 8.43. The fraction of sp³-hybridized carbons (Fsp3) is 0.818. The van der Waals surface area contributed by atoms with Gasteiger partial charge >= 0.3 is 0 Å². The van der Waals surface area contributed by atoms with E-state index in [0.29, 0.717) is 0 Å². The molecule has 5 heteroatoms. The molecule has 16 heavy (non-hydrogen) atoms. The Labute approximate surface area is 102 Å². The standard InChI is InChI=1S/C11H22N4S/c1-4-6-10-11(16-14-13-10)9-15(3)8-7-12-5-2/h12H,4-9H2,1-3H3. The van der Waals surface area contributed by atoms with Crippen LogP contribution in [0.5, 0.6) is 0 Å². The maximum Gasteiger partial charge on any atom is 0.0800 e. The van der Waals surface area contributed by atoms with Gasteiger partial charge in [-0.25, -0.2) is 0 Å². The van der Waals surface area contributed by atoms with Gasteiger partial charge in [-0.15, -0.1) is 5.10 Å². The molecule has 0 unspecified atom stereocenters. The van der Waals surface area contributed by atoms with Crippen LogP contribution in [0.2, 0.25) is 0 Å². The van der Waals surface area contributed by atoms with Crippen LogP contribution in [0.25, 0.3) is 0 Å². The van der Waals surface area contributed by atoms with E-state index in [1.807, 2.05) is 0 Å². The number of rotatable bonds is 8. The second kappa shape index (κ2) is 7.70. The molecule has 0 amide bonds. The van der Waals surface area contributed by atoms with Crippen LogP contribution in [-0.4, -0.2) is 41.2 Å². The summed E-state index contributed by atoms with van der Waals surface area (Å²) in [5, 5.41) is 7.51. The fourth-order valence-corrected chi connectivity index (χ4v) is 2.31. The van der Waals surface area contributed by atoms with Gasteiger partial charge in [0.1, 0.15) is 0 Å². The summed E-state index contributed by atoms with van der Waals surface area (Å²) >= 11 is 1.53. The number of aromatic nitrogens is 2. The molecule has 4 nitrogen and oxygen atoms in total. The summed E-state index contributed by atoms with van der Waals surface area (Å²) in [7, 11) is 2.15. The van der Waals surface area contributed by atoms with Crippen LogP contribution >= 0.6 is 11.5 Å². The zero-order valence-corrected chi connectivity index (χ0v) is 11.3. The molecule has 0 aromatic carbocycles. The molecule has 0 spiro atoms. The summed E-state index contributed by atoms with van der Waals surface area (Å²) in [5.41, 5.74) is 1.18. The van der Waals surface area contributed by atoms with Crippen molar-refractivity contribution in [3.05, 3.63) is 10.6 Å². The smallest absolute Gasteiger partial charge is 0.0800 e. The van der Waals surface area contributed by atoms with Gasteiger partial charge in [0.25, 0.3) is 0 Å². The van der Waals surface area contributed by atoms with Crippen molar-refractivity contribution in [3.8, 4) is 0 Å². The minimum absolute atomic E-state index is 0.971. The molecule has 92 valence electrons. The largest absolute Gasteiger partial charge is 0.316 e. The minimum Gasteiger partial charge on any atom is -0.316 e. The summed E-state index contributed by atoms with van der Waals surface area (Å²) in [6.07, 6.45) is 2.19. The molecule has 1 N–H and O–H groups in total. The molecular weight excluding hydrogens is 220 g/mol. The maximum absolute atomic E-state index is 4.18. The molecule has 0 saturated carbocycles. The summed E-state index contributed by atoms with van der Waals surface area (Å²) in [4.78, 5) is 3.64. The Kier molecular flexibility index (Phi) is 6.52. The molecule has 1 aromatic heterocycles. The number of aryl methyl sites for hydroxylation is 1. The molecular formula is C11H22N4S. The normalized spacial score (nSPS) is 11.2. The van der Waals surface area contributed by atoms with Gasteiger partial charge in [-0.1, -0.05) is 24.8 Å². The van der Waals surface area contributed by atoms with Gasteiger partial charge in [0.2, 0.25) is 0 Å². The SMILES string of the molecule is CCCc1nnsc1CN(C)CCNCC. The average molecular weight is 242 g/mol. The van der Waals surface area contributed by atoms with Crippen molar-refractivity contribution in [1.29, 1.82) is 0 Å². The minimum atomic E-state index is 0.971. The van der Waals surface area contributed by atoms with E-state index in [9.17, 15) is 0 Å². The number of nitrogens with one attached hydrogen (secondary N) is 1. The molecule has 0 aliphatic heterocycles. The lowest BCUT2D eigenvalue weighted by Crippen LogP contribution is -2.28. The van der Waals surface area contributed by atoms with Crippen molar-refractivity contribution in [3.63, 3.8) is 0 Å². The van der Waals surface area contributed by atoms with Crippen molar-refractivity contribution in [1.82, 2.24) is 19.8 Å². The summed E-state index contributed by atoms with van der Waals surface area (Å²) in [6, 6.07) is 0. The maximum atomic E-state index is 4.18. The first kappa shape index (κ1) is 13.5. The van der Waals surface area contributed by atoms with Gasteiger partial charge < -0.3 is 5.32 Å². The van der Waals surface area contributed by atoms with Gasteiger partial charge in [-0.05, 0) is 31.5 Å². The van der Waals surface area contributed by atoms with Crippen LogP contribution in [0.1, 0.15) is 30.8 Å². The Morgan fingerprint density at radius 3 is 2.88 bits per heavy atom. The lowest BCUT2D eigenvalue weighted by atomic mass is 10.2. The zero-order chi connectivity index (χ0) is 11.8. The Hall–Kier alpha value is -0.520. The van der Waals surface area contributed by atoms with E-state index in [1.54, 1.807) is 0 Å². The highest BCUT2D eigenvalue weighted by atomic mass is 32.1.